The van der Waals surface area contributed by atoms with E-state index < -0.39 is 11.9 Å². The monoisotopic (exact) mass is 455 g/mol. The summed E-state index contributed by atoms with van der Waals surface area (Å²) in [6, 6.07) is 23.1. The predicted molar refractivity (Wildman–Crippen MR) is 128 cm³/mol. The molecule has 0 bridgehead atoms. The minimum Gasteiger partial charge on any atom is -0.489 e. The van der Waals surface area contributed by atoms with E-state index in [1.54, 1.807) is 24.3 Å². The van der Waals surface area contributed by atoms with Gasteiger partial charge in [0.25, 0.3) is 0 Å². The van der Waals surface area contributed by atoms with Crippen LogP contribution in [0.15, 0.2) is 66.7 Å². The van der Waals surface area contributed by atoms with Gasteiger partial charge in [0, 0.05) is 5.56 Å². The molecule has 0 heterocycles. The average Bonchev–Trinajstić information content (AvgIpc) is 3.33. The van der Waals surface area contributed by atoms with Crippen molar-refractivity contribution in [1.82, 2.24) is 0 Å². The lowest BCUT2D eigenvalue weighted by Crippen LogP contribution is -2.44. The number of carbonyl (C=O) groups is 1. The van der Waals surface area contributed by atoms with Gasteiger partial charge in [-0.15, -0.1) is 0 Å². The number of carboxylic acid groups (broad SMARTS) is 1. The number of ether oxygens (including phenoxy) is 2. The van der Waals surface area contributed by atoms with Crippen molar-refractivity contribution in [2.75, 3.05) is 6.61 Å². The third-order valence-corrected chi connectivity index (χ3v) is 6.01. The Bertz CT molecular complexity index is 1210. The molecule has 3 aromatic carbocycles. The number of aliphatic carboxylic acids is 1. The molecule has 1 aliphatic rings. The quantitative estimate of drug-likeness (QED) is 0.456. The highest BCUT2D eigenvalue weighted by Gasteiger charge is 2.16. The van der Waals surface area contributed by atoms with Crippen LogP contribution in [0, 0.1) is 11.3 Å². The van der Waals surface area contributed by atoms with E-state index in [1.807, 2.05) is 30.3 Å². The molecule has 1 aliphatic carbocycles. The minimum absolute atomic E-state index is 0.220. The van der Waals surface area contributed by atoms with Gasteiger partial charge in [-0.2, -0.15) is 5.26 Å². The van der Waals surface area contributed by atoms with Crippen LogP contribution in [0.3, 0.4) is 0 Å². The molecule has 0 aromatic heterocycles. The van der Waals surface area contributed by atoms with E-state index in [0.717, 1.165) is 29.7 Å². The number of aryl methyl sites for hydroxylation is 2. The van der Waals surface area contributed by atoms with Gasteiger partial charge in [-0.25, -0.2) is 0 Å². The standard InChI is InChI=1S/C28H26N2O4/c29-16-24(15-28(31)32)21-8-12-26(13-9-21)33-17-19-4-10-25(11-5-19)34-18-27(30)23-7-6-20-2-1-3-22(20)14-23/h4-14,24,30H,1-3,15,17-18H2,(H,31,32)/p+1. The Morgan fingerprint density at radius 1 is 0.971 bits per heavy atom. The zero-order chi connectivity index (χ0) is 23.9. The van der Waals surface area contributed by atoms with Crippen LogP contribution >= 0.6 is 0 Å². The molecule has 172 valence electrons. The largest absolute Gasteiger partial charge is 0.489 e. The van der Waals surface area contributed by atoms with Crippen LogP contribution < -0.4 is 14.9 Å². The Labute approximate surface area is 198 Å². The maximum atomic E-state index is 10.9. The highest BCUT2D eigenvalue weighted by atomic mass is 16.5. The summed E-state index contributed by atoms with van der Waals surface area (Å²) in [7, 11) is 0. The van der Waals surface area contributed by atoms with E-state index in [1.165, 1.54) is 17.5 Å². The number of carboxylic acids is 1. The molecule has 34 heavy (non-hydrogen) atoms. The Hall–Kier alpha value is -4.11. The molecule has 6 heteroatoms. The molecule has 4 rings (SSSR count). The summed E-state index contributed by atoms with van der Waals surface area (Å²) < 4.78 is 11.7. The fourth-order valence-electron chi connectivity index (χ4n) is 4.07. The summed E-state index contributed by atoms with van der Waals surface area (Å²) in [6.45, 7) is 0.701. The zero-order valence-electron chi connectivity index (χ0n) is 18.9. The fourth-order valence-corrected chi connectivity index (χ4v) is 4.07. The molecule has 6 nitrogen and oxygen atoms in total. The molecule has 0 fully saturated rings. The molecule has 3 aromatic rings. The van der Waals surface area contributed by atoms with Gasteiger partial charge in [0.1, 0.15) is 18.1 Å². The number of hydrogen-bond donors (Lipinski definition) is 2. The molecule has 0 radical (unpaired) electrons. The van der Waals surface area contributed by atoms with E-state index >= 15 is 0 Å². The predicted octanol–water partition coefficient (Wildman–Crippen LogP) is 3.46. The number of rotatable bonds is 10. The van der Waals surface area contributed by atoms with Crippen LogP contribution in [0.25, 0.3) is 0 Å². The topological polar surface area (TPSA) is 105 Å². The second-order valence-electron chi connectivity index (χ2n) is 8.43. The summed E-state index contributed by atoms with van der Waals surface area (Å²) in [6.07, 6.45) is 3.27. The van der Waals surface area contributed by atoms with Crippen molar-refractivity contribution in [3.63, 3.8) is 0 Å². The number of hydrogen-bond acceptors (Lipinski definition) is 4. The molecule has 0 saturated heterocycles. The van der Waals surface area contributed by atoms with Gasteiger partial charge in [0.2, 0.25) is 5.71 Å². The van der Waals surface area contributed by atoms with E-state index in [9.17, 15) is 4.79 Å². The highest BCUT2D eigenvalue weighted by molar-refractivity contribution is 5.97. The van der Waals surface area contributed by atoms with Crippen LogP contribution in [0.1, 0.15) is 46.6 Å². The van der Waals surface area contributed by atoms with E-state index in [4.69, 9.17) is 25.3 Å². The van der Waals surface area contributed by atoms with Gasteiger partial charge in [0.15, 0.2) is 6.61 Å². The normalized spacial score (nSPS) is 12.9. The van der Waals surface area contributed by atoms with Gasteiger partial charge in [-0.3, -0.25) is 10.2 Å². The molecular weight excluding hydrogens is 428 g/mol. The van der Waals surface area contributed by atoms with Gasteiger partial charge < -0.3 is 14.6 Å². The van der Waals surface area contributed by atoms with Crippen LogP contribution in [-0.4, -0.2) is 23.4 Å². The molecular formula is C28H27N2O4+. The number of nitrogens with zero attached hydrogens (tertiary/aromatic N) is 1. The van der Waals surface area contributed by atoms with Crippen molar-refractivity contribution < 1.29 is 24.8 Å². The van der Waals surface area contributed by atoms with Gasteiger partial charge in [-0.1, -0.05) is 30.3 Å². The molecule has 1 unspecified atom stereocenters. The lowest BCUT2D eigenvalue weighted by atomic mass is 9.97. The lowest BCUT2D eigenvalue weighted by Gasteiger charge is -2.10. The van der Waals surface area contributed by atoms with Crippen molar-refractivity contribution >= 4 is 11.7 Å². The van der Waals surface area contributed by atoms with Crippen molar-refractivity contribution in [3.8, 4) is 17.6 Å². The molecule has 3 N–H and O–H groups in total. The van der Waals surface area contributed by atoms with Crippen molar-refractivity contribution in [1.29, 1.82) is 5.26 Å². The Morgan fingerprint density at radius 3 is 2.35 bits per heavy atom. The van der Waals surface area contributed by atoms with E-state index in [0.29, 0.717) is 30.2 Å². The zero-order valence-corrected chi connectivity index (χ0v) is 18.9. The number of nitrogens with two attached hydrogens (primary N) is 1. The smallest absolute Gasteiger partial charge is 0.305 e. The first-order chi connectivity index (χ1) is 16.5. The summed E-state index contributed by atoms with van der Waals surface area (Å²) in [5, 5.41) is 24.3. The molecule has 0 saturated carbocycles. The van der Waals surface area contributed by atoms with Crippen LogP contribution in [0.4, 0.5) is 0 Å². The first-order valence-corrected chi connectivity index (χ1v) is 11.3. The number of nitriles is 1. The van der Waals surface area contributed by atoms with Gasteiger partial charge in [-0.05, 0) is 77.9 Å². The maximum Gasteiger partial charge on any atom is 0.305 e. The van der Waals surface area contributed by atoms with E-state index in [-0.39, 0.29) is 6.42 Å². The SMILES string of the molecule is N#CC(CC(=O)O)c1ccc(OCc2ccc(OCC(=[NH2+])c3ccc4c(c3)CCC4)cc2)cc1. The summed E-state index contributed by atoms with van der Waals surface area (Å²) in [5.41, 5.74) is 6.20. The second-order valence-corrected chi connectivity index (χ2v) is 8.43. The van der Waals surface area contributed by atoms with Crippen molar-refractivity contribution in [3.05, 3.63) is 94.5 Å². The molecule has 0 amide bonds. The third kappa shape index (κ3) is 5.81. The number of fused-ring (bicyclic) bond motifs is 1. The van der Waals surface area contributed by atoms with E-state index in [2.05, 4.69) is 18.2 Å². The first kappa shape index (κ1) is 23.1. The summed E-state index contributed by atoms with van der Waals surface area (Å²) >= 11 is 0. The average molecular weight is 456 g/mol. The summed E-state index contributed by atoms with van der Waals surface area (Å²) in [4.78, 5) is 10.9. The van der Waals surface area contributed by atoms with Crippen LogP contribution in [0.2, 0.25) is 0 Å². The van der Waals surface area contributed by atoms with Gasteiger partial charge >= 0.3 is 5.97 Å². The Kier molecular flexibility index (Phi) is 7.24. The second kappa shape index (κ2) is 10.7. The maximum absolute atomic E-state index is 10.9. The van der Waals surface area contributed by atoms with Crippen molar-refractivity contribution in [2.45, 2.75) is 38.2 Å². The Morgan fingerprint density at radius 2 is 1.65 bits per heavy atom. The lowest BCUT2D eigenvalue weighted by molar-refractivity contribution is -0.137. The molecule has 1 atom stereocenters. The van der Waals surface area contributed by atoms with Crippen LogP contribution in [-0.2, 0) is 24.2 Å². The Balaban J connectivity index is 1.26. The van der Waals surface area contributed by atoms with Crippen LogP contribution in [0.5, 0.6) is 11.5 Å². The van der Waals surface area contributed by atoms with Crippen molar-refractivity contribution in [2.24, 2.45) is 0 Å². The highest BCUT2D eigenvalue weighted by Crippen LogP contribution is 2.24. The first-order valence-electron chi connectivity index (χ1n) is 11.3. The van der Waals surface area contributed by atoms with Gasteiger partial charge in [0.05, 0.1) is 18.4 Å². The fraction of sp³-hybridized carbons (Fsp3) is 0.250. The third-order valence-electron chi connectivity index (χ3n) is 6.01. The summed E-state index contributed by atoms with van der Waals surface area (Å²) in [5.74, 6) is -0.290. The molecule has 0 spiro atoms. The molecule has 0 aliphatic heterocycles. The minimum atomic E-state index is -0.997. The number of benzene rings is 3.